The minimum absolute atomic E-state index is 1.20. The Balaban J connectivity index is 1.52. The molecule has 1 aliphatic heterocycles. The summed E-state index contributed by atoms with van der Waals surface area (Å²) < 4.78 is 0. The summed E-state index contributed by atoms with van der Waals surface area (Å²) in [4.78, 5) is 6.86. The Hall–Kier alpha value is -1.32. The van der Waals surface area contributed by atoms with Crippen LogP contribution >= 0.6 is 0 Å². The number of piperazine rings is 1. The molecule has 1 aromatic heterocycles. The molecule has 1 aromatic carbocycles. The van der Waals surface area contributed by atoms with E-state index in [9.17, 15) is 0 Å². The van der Waals surface area contributed by atoms with Crippen molar-refractivity contribution in [3.63, 3.8) is 0 Å². The number of para-hydroxylation sites is 1. The maximum Gasteiger partial charge on any atom is 0.127 e. The summed E-state index contributed by atoms with van der Waals surface area (Å²) in [6, 6.07) is 8.62. The second-order valence-electron chi connectivity index (χ2n) is 5.92. The first kappa shape index (κ1) is 12.7. The molecule has 102 valence electrons. The van der Waals surface area contributed by atoms with E-state index in [2.05, 4.69) is 42.5 Å². The number of hydrogen-bond donors (Lipinski definition) is 3. The van der Waals surface area contributed by atoms with E-state index in [1.54, 1.807) is 9.80 Å². The molecule has 3 nitrogen and oxygen atoms in total. The fourth-order valence-corrected chi connectivity index (χ4v) is 3.15. The summed E-state index contributed by atoms with van der Waals surface area (Å²) in [5, 5.41) is 1.40. The Kier molecular flexibility index (Phi) is 3.85. The van der Waals surface area contributed by atoms with E-state index in [1.165, 1.54) is 62.0 Å². The lowest BCUT2D eigenvalue weighted by molar-refractivity contribution is -1.00. The first-order chi connectivity index (χ1) is 9.33. The molecular formula is C16H25N3+2. The molecular weight excluding hydrogens is 234 g/mol. The van der Waals surface area contributed by atoms with Crippen molar-refractivity contribution in [2.75, 3.05) is 39.8 Å². The van der Waals surface area contributed by atoms with Gasteiger partial charge in [0, 0.05) is 23.5 Å². The van der Waals surface area contributed by atoms with Crippen molar-refractivity contribution in [2.24, 2.45) is 0 Å². The van der Waals surface area contributed by atoms with Crippen LogP contribution in [0.1, 0.15) is 12.0 Å². The van der Waals surface area contributed by atoms with Gasteiger partial charge in [0.2, 0.25) is 0 Å². The number of benzene rings is 1. The molecule has 0 unspecified atom stereocenters. The highest BCUT2D eigenvalue weighted by molar-refractivity contribution is 5.82. The van der Waals surface area contributed by atoms with Crippen LogP contribution < -0.4 is 9.80 Å². The van der Waals surface area contributed by atoms with Gasteiger partial charge in [-0.05, 0) is 18.1 Å². The first-order valence-corrected chi connectivity index (χ1v) is 7.53. The summed E-state index contributed by atoms with van der Waals surface area (Å²) in [7, 11) is 2.31. The SMILES string of the molecule is C[NH+]1CC[NH+](CCCc2c[nH]c3ccccc23)CC1. The second-order valence-corrected chi connectivity index (χ2v) is 5.92. The van der Waals surface area contributed by atoms with Crippen LogP contribution in [0, 0.1) is 0 Å². The lowest BCUT2D eigenvalue weighted by Gasteiger charge is -2.27. The van der Waals surface area contributed by atoms with Gasteiger partial charge < -0.3 is 14.8 Å². The highest BCUT2D eigenvalue weighted by Crippen LogP contribution is 2.18. The third-order valence-corrected chi connectivity index (χ3v) is 4.46. The third-order valence-electron chi connectivity index (χ3n) is 4.46. The number of aromatic nitrogens is 1. The number of quaternary nitrogens is 2. The van der Waals surface area contributed by atoms with E-state index >= 15 is 0 Å². The molecule has 1 saturated heterocycles. The number of aromatic amines is 1. The molecule has 2 aromatic rings. The van der Waals surface area contributed by atoms with Gasteiger partial charge in [-0.15, -0.1) is 0 Å². The Labute approximate surface area is 115 Å². The molecule has 1 aliphatic rings. The number of hydrogen-bond acceptors (Lipinski definition) is 0. The van der Waals surface area contributed by atoms with Crippen molar-refractivity contribution in [2.45, 2.75) is 12.8 Å². The molecule has 3 rings (SSSR count). The van der Waals surface area contributed by atoms with Gasteiger partial charge in [0.05, 0.1) is 13.6 Å². The molecule has 0 saturated carbocycles. The molecule has 2 heterocycles. The van der Waals surface area contributed by atoms with Crippen LogP contribution in [0.25, 0.3) is 10.9 Å². The van der Waals surface area contributed by atoms with E-state index in [-0.39, 0.29) is 0 Å². The number of nitrogens with one attached hydrogen (secondary N) is 3. The largest absolute Gasteiger partial charge is 0.361 e. The minimum atomic E-state index is 1.20. The van der Waals surface area contributed by atoms with Crippen molar-refractivity contribution in [1.82, 2.24) is 4.98 Å². The Bertz CT molecular complexity index is 524. The van der Waals surface area contributed by atoms with Gasteiger partial charge in [0.15, 0.2) is 0 Å². The van der Waals surface area contributed by atoms with E-state index in [0.29, 0.717) is 0 Å². The van der Waals surface area contributed by atoms with E-state index < -0.39 is 0 Å². The number of fused-ring (bicyclic) bond motifs is 1. The highest BCUT2D eigenvalue weighted by Gasteiger charge is 2.19. The average Bonchev–Trinajstić information content (AvgIpc) is 2.85. The molecule has 3 heteroatoms. The zero-order chi connectivity index (χ0) is 13.1. The van der Waals surface area contributed by atoms with Crippen LogP contribution in [-0.4, -0.2) is 44.8 Å². The van der Waals surface area contributed by atoms with Crippen molar-refractivity contribution in [3.8, 4) is 0 Å². The van der Waals surface area contributed by atoms with E-state index in [4.69, 9.17) is 0 Å². The first-order valence-electron chi connectivity index (χ1n) is 7.53. The van der Waals surface area contributed by atoms with Crippen LogP contribution in [0.4, 0.5) is 0 Å². The fraction of sp³-hybridized carbons (Fsp3) is 0.500. The average molecular weight is 259 g/mol. The van der Waals surface area contributed by atoms with Crippen LogP contribution in [0.3, 0.4) is 0 Å². The summed E-state index contributed by atoms with van der Waals surface area (Å²) >= 11 is 0. The van der Waals surface area contributed by atoms with Gasteiger partial charge >= 0.3 is 0 Å². The summed E-state index contributed by atoms with van der Waals surface area (Å²) in [6.07, 6.45) is 4.70. The topological polar surface area (TPSA) is 24.7 Å². The molecule has 3 N–H and O–H groups in total. The van der Waals surface area contributed by atoms with Crippen LogP contribution in [-0.2, 0) is 6.42 Å². The fourth-order valence-electron chi connectivity index (χ4n) is 3.15. The maximum absolute atomic E-state index is 3.37. The number of H-pyrrole nitrogens is 1. The zero-order valence-corrected chi connectivity index (χ0v) is 11.8. The number of rotatable bonds is 4. The van der Waals surface area contributed by atoms with Crippen molar-refractivity contribution >= 4 is 10.9 Å². The predicted molar refractivity (Wildman–Crippen MR) is 78.8 cm³/mol. The molecule has 0 amide bonds. The Morgan fingerprint density at radius 2 is 1.89 bits per heavy atom. The van der Waals surface area contributed by atoms with Gasteiger partial charge in [-0.3, -0.25) is 0 Å². The van der Waals surface area contributed by atoms with Crippen molar-refractivity contribution in [1.29, 1.82) is 0 Å². The zero-order valence-electron chi connectivity index (χ0n) is 11.8. The van der Waals surface area contributed by atoms with Gasteiger partial charge in [-0.25, -0.2) is 0 Å². The van der Waals surface area contributed by atoms with Gasteiger partial charge in [0.1, 0.15) is 26.2 Å². The molecule has 19 heavy (non-hydrogen) atoms. The smallest absolute Gasteiger partial charge is 0.127 e. The standard InChI is InChI=1S/C16H23N3/c1-18-9-11-19(12-10-18)8-4-5-14-13-17-16-7-3-2-6-15(14)16/h2-3,6-7,13,17H,4-5,8-12H2,1H3/p+2. The quantitative estimate of drug-likeness (QED) is 0.661. The van der Waals surface area contributed by atoms with Crippen LogP contribution in [0.15, 0.2) is 30.5 Å². The van der Waals surface area contributed by atoms with E-state index in [0.717, 1.165) is 0 Å². The monoisotopic (exact) mass is 259 g/mol. The number of aryl methyl sites for hydroxylation is 1. The number of likely N-dealkylation sites (N-methyl/N-ethyl adjacent to an activating group) is 1. The van der Waals surface area contributed by atoms with Crippen LogP contribution in [0.2, 0.25) is 0 Å². The molecule has 0 spiro atoms. The Morgan fingerprint density at radius 1 is 1.11 bits per heavy atom. The van der Waals surface area contributed by atoms with Gasteiger partial charge in [0.25, 0.3) is 0 Å². The molecule has 0 bridgehead atoms. The van der Waals surface area contributed by atoms with E-state index in [1.807, 2.05) is 0 Å². The Morgan fingerprint density at radius 3 is 2.74 bits per heavy atom. The van der Waals surface area contributed by atoms with Crippen molar-refractivity contribution < 1.29 is 9.80 Å². The lowest BCUT2D eigenvalue weighted by Crippen LogP contribution is -3.27. The molecule has 1 fully saturated rings. The normalized spacial score (nSPS) is 23.8. The summed E-state index contributed by atoms with van der Waals surface area (Å²) in [5.74, 6) is 0. The summed E-state index contributed by atoms with van der Waals surface area (Å²) in [5.41, 5.74) is 2.75. The van der Waals surface area contributed by atoms with Crippen molar-refractivity contribution in [3.05, 3.63) is 36.0 Å². The van der Waals surface area contributed by atoms with Gasteiger partial charge in [-0.1, -0.05) is 18.2 Å². The molecule has 0 radical (unpaired) electrons. The molecule has 0 atom stereocenters. The molecule has 0 aliphatic carbocycles. The minimum Gasteiger partial charge on any atom is -0.361 e. The lowest BCUT2D eigenvalue weighted by atomic mass is 10.1. The third kappa shape index (κ3) is 2.99. The maximum atomic E-state index is 3.37. The van der Waals surface area contributed by atoms with Gasteiger partial charge in [-0.2, -0.15) is 0 Å². The predicted octanol–water partition coefficient (Wildman–Crippen LogP) is -0.486. The highest BCUT2D eigenvalue weighted by atomic mass is 15.2. The van der Waals surface area contributed by atoms with Crippen LogP contribution in [0.5, 0.6) is 0 Å². The second kappa shape index (κ2) is 5.76. The summed E-state index contributed by atoms with van der Waals surface area (Å²) in [6.45, 7) is 6.69.